The maximum absolute atomic E-state index is 10.6. The Balaban J connectivity index is 0.000000345. The molecule has 28 heavy (non-hydrogen) atoms. The number of carbonyl (C=O) groups is 1. The van der Waals surface area contributed by atoms with Gasteiger partial charge in [-0.15, -0.1) is 11.3 Å². The largest absolute Gasteiger partial charge is 0.490 e. The highest BCUT2D eigenvalue weighted by Crippen LogP contribution is 2.33. The molecule has 0 radical (unpaired) electrons. The zero-order valence-corrected chi connectivity index (χ0v) is 17.1. The highest BCUT2D eigenvalue weighted by molar-refractivity contribution is 7.09. The van der Waals surface area contributed by atoms with Gasteiger partial charge in [0.25, 0.3) is 0 Å². The molecule has 1 N–H and O–H groups in total. The van der Waals surface area contributed by atoms with E-state index in [1.165, 1.54) is 17.0 Å². The van der Waals surface area contributed by atoms with Gasteiger partial charge in [0.15, 0.2) is 0 Å². The lowest BCUT2D eigenvalue weighted by molar-refractivity contribution is -0.192. The zero-order valence-electron chi connectivity index (χ0n) is 16.2. The van der Waals surface area contributed by atoms with Gasteiger partial charge in [-0.2, -0.15) is 13.2 Å². The van der Waals surface area contributed by atoms with Gasteiger partial charge < -0.3 is 14.6 Å². The lowest BCUT2D eigenvalue weighted by atomic mass is 10.0. The summed E-state index contributed by atoms with van der Waals surface area (Å²) in [5.41, 5.74) is 3.11. The second-order valence-electron chi connectivity index (χ2n) is 7.40. The Labute approximate surface area is 166 Å². The molecular formula is C18H27F3N2O4S. The molecule has 160 valence electrons. The van der Waals surface area contributed by atoms with E-state index in [0.29, 0.717) is 12.0 Å². The minimum atomic E-state index is -5.08. The van der Waals surface area contributed by atoms with E-state index in [4.69, 9.17) is 19.4 Å². The standard InChI is InChI=1S/C16H26N2O2S.C2HF3O2/c1-11(2)9-20-14-7-18(8-15-12(3)17-10-21-15)13-5-4-6-19-16(13)14;3-2(4,5)1(6)7/h10-11,13-14,16H,4-9H2,1-3H3;(H,6,7)/t13-,14+,16+;/m1./s1. The summed E-state index contributed by atoms with van der Waals surface area (Å²) < 4.78 is 43.9. The maximum atomic E-state index is 10.6. The molecule has 10 heteroatoms. The van der Waals surface area contributed by atoms with Crippen LogP contribution in [0.15, 0.2) is 5.51 Å². The van der Waals surface area contributed by atoms with Crippen molar-refractivity contribution in [2.75, 3.05) is 19.8 Å². The monoisotopic (exact) mass is 424 g/mol. The van der Waals surface area contributed by atoms with Gasteiger partial charge in [0.05, 0.1) is 17.3 Å². The van der Waals surface area contributed by atoms with Crippen molar-refractivity contribution < 1.29 is 32.5 Å². The third-order valence-electron chi connectivity index (χ3n) is 4.66. The van der Waals surface area contributed by atoms with Crippen molar-refractivity contribution in [1.29, 1.82) is 0 Å². The molecule has 3 heterocycles. The molecule has 2 fully saturated rings. The third-order valence-corrected chi connectivity index (χ3v) is 5.58. The highest BCUT2D eigenvalue weighted by atomic mass is 32.1. The van der Waals surface area contributed by atoms with Gasteiger partial charge in [-0.1, -0.05) is 13.8 Å². The molecule has 1 aromatic heterocycles. The molecule has 0 aliphatic carbocycles. The molecule has 6 nitrogen and oxygen atoms in total. The number of thiazole rings is 1. The predicted octanol–water partition coefficient (Wildman–Crippen LogP) is 3.49. The van der Waals surface area contributed by atoms with E-state index < -0.39 is 12.1 Å². The van der Waals surface area contributed by atoms with Crippen molar-refractivity contribution >= 4 is 17.3 Å². The van der Waals surface area contributed by atoms with Crippen LogP contribution in [-0.4, -0.2) is 65.1 Å². The SMILES string of the molecule is Cc1ncsc1CN1C[C@H](OCC(C)C)[C@H]2OCCC[C@H]21.O=C(O)C(F)(F)F. The normalized spacial score (nSPS) is 25.3. The Kier molecular flexibility index (Phi) is 8.23. The number of nitrogens with zero attached hydrogens (tertiary/aromatic N) is 2. The fraction of sp³-hybridized carbons (Fsp3) is 0.778. The van der Waals surface area contributed by atoms with Gasteiger partial charge in [0.2, 0.25) is 0 Å². The van der Waals surface area contributed by atoms with Crippen LogP contribution in [0.2, 0.25) is 0 Å². The summed E-state index contributed by atoms with van der Waals surface area (Å²) in [5, 5.41) is 7.12. The molecule has 0 aromatic carbocycles. The molecule has 0 spiro atoms. The fourth-order valence-corrected chi connectivity index (χ4v) is 4.11. The van der Waals surface area contributed by atoms with Crippen LogP contribution in [-0.2, 0) is 20.8 Å². The van der Waals surface area contributed by atoms with Gasteiger partial charge in [-0.25, -0.2) is 9.78 Å². The molecule has 3 atom stereocenters. The van der Waals surface area contributed by atoms with Crippen LogP contribution < -0.4 is 0 Å². The topological polar surface area (TPSA) is 71.9 Å². The summed E-state index contributed by atoms with van der Waals surface area (Å²) in [6, 6.07) is 0.511. The molecule has 2 aliphatic rings. The molecule has 2 aliphatic heterocycles. The first-order valence-corrected chi connectivity index (χ1v) is 10.1. The molecule has 0 unspecified atom stereocenters. The minimum Gasteiger partial charge on any atom is -0.475 e. The van der Waals surface area contributed by atoms with Crippen molar-refractivity contribution in [3.8, 4) is 0 Å². The lowest BCUT2D eigenvalue weighted by Gasteiger charge is -2.32. The average molecular weight is 424 g/mol. The first-order chi connectivity index (χ1) is 13.1. The highest BCUT2D eigenvalue weighted by Gasteiger charge is 2.44. The van der Waals surface area contributed by atoms with Crippen molar-refractivity contribution in [3.05, 3.63) is 16.1 Å². The van der Waals surface area contributed by atoms with E-state index >= 15 is 0 Å². The van der Waals surface area contributed by atoms with Gasteiger partial charge in [0.1, 0.15) is 6.10 Å². The van der Waals surface area contributed by atoms with Crippen molar-refractivity contribution in [2.45, 2.75) is 64.6 Å². The van der Waals surface area contributed by atoms with E-state index in [9.17, 15) is 13.2 Å². The number of likely N-dealkylation sites (tertiary alicyclic amines) is 1. The van der Waals surface area contributed by atoms with Crippen LogP contribution in [0.5, 0.6) is 0 Å². The summed E-state index contributed by atoms with van der Waals surface area (Å²) in [6.45, 7) is 10.2. The Morgan fingerprint density at radius 2 is 2.18 bits per heavy atom. The molecule has 1 aromatic rings. The predicted molar refractivity (Wildman–Crippen MR) is 98.3 cm³/mol. The number of fused-ring (bicyclic) bond motifs is 1. The number of carboxylic acid groups (broad SMARTS) is 1. The Morgan fingerprint density at radius 1 is 1.50 bits per heavy atom. The van der Waals surface area contributed by atoms with Crippen molar-refractivity contribution in [3.63, 3.8) is 0 Å². The van der Waals surface area contributed by atoms with Crippen LogP contribution in [0.4, 0.5) is 13.2 Å². The number of hydrogen-bond donors (Lipinski definition) is 1. The zero-order chi connectivity index (χ0) is 20.9. The van der Waals surface area contributed by atoms with E-state index in [-0.39, 0.29) is 12.2 Å². The van der Waals surface area contributed by atoms with Crippen LogP contribution in [0.1, 0.15) is 37.3 Å². The number of carboxylic acids is 1. The van der Waals surface area contributed by atoms with Crippen LogP contribution in [0.25, 0.3) is 0 Å². The summed E-state index contributed by atoms with van der Waals surface area (Å²) in [4.78, 5) is 17.2. The van der Waals surface area contributed by atoms with Crippen LogP contribution in [0.3, 0.4) is 0 Å². The van der Waals surface area contributed by atoms with E-state index in [2.05, 4.69) is 30.7 Å². The number of ether oxygens (including phenoxy) is 2. The average Bonchev–Trinajstić information content (AvgIpc) is 3.17. The van der Waals surface area contributed by atoms with E-state index in [1.54, 1.807) is 11.3 Å². The number of rotatable bonds is 5. The first-order valence-electron chi connectivity index (χ1n) is 9.26. The Bertz CT molecular complexity index is 639. The van der Waals surface area contributed by atoms with E-state index in [1.807, 2.05) is 5.51 Å². The summed E-state index contributed by atoms with van der Waals surface area (Å²) in [5.74, 6) is -2.18. The number of hydrogen-bond acceptors (Lipinski definition) is 6. The summed E-state index contributed by atoms with van der Waals surface area (Å²) in [7, 11) is 0. The fourth-order valence-electron chi connectivity index (χ4n) is 3.31. The minimum absolute atomic E-state index is 0.228. The first kappa shape index (κ1) is 23.1. The van der Waals surface area contributed by atoms with Crippen molar-refractivity contribution in [2.24, 2.45) is 5.92 Å². The second kappa shape index (κ2) is 10.00. The lowest BCUT2D eigenvalue weighted by Crippen LogP contribution is -2.41. The van der Waals surface area contributed by atoms with E-state index in [0.717, 1.165) is 32.7 Å². The molecule has 0 bridgehead atoms. The molecule has 0 saturated carbocycles. The molecule has 3 rings (SSSR count). The number of aliphatic carboxylic acids is 1. The van der Waals surface area contributed by atoms with Gasteiger partial charge in [-0.3, -0.25) is 4.90 Å². The summed E-state index contributed by atoms with van der Waals surface area (Å²) >= 11 is 1.76. The van der Waals surface area contributed by atoms with Gasteiger partial charge in [0, 0.05) is 37.2 Å². The van der Waals surface area contributed by atoms with Gasteiger partial charge >= 0.3 is 12.1 Å². The number of aryl methyl sites for hydroxylation is 1. The summed E-state index contributed by atoms with van der Waals surface area (Å²) in [6.07, 6.45) is -2.21. The van der Waals surface area contributed by atoms with Crippen molar-refractivity contribution in [1.82, 2.24) is 9.88 Å². The number of halogens is 3. The van der Waals surface area contributed by atoms with Crippen LogP contribution >= 0.6 is 11.3 Å². The Morgan fingerprint density at radius 3 is 2.71 bits per heavy atom. The second-order valence-corrected chi connectivity index (χ2v) is 8.34. The molecule has 2 saturated heterocycles. The maximum Gasteiger partial charge on any atom is 0.490 e. The third kappa shape index (κ3) is 6.40. The Hall–Kier alpha value is -1.23. The molecular weight excluding hydrogens is 397 g/mol. The quantitative estimate of drug-likeness (QED) is 0.780. The number of aromatic nitrogens is 1. The number of alkyl halides is 3. The van der Waals surface area contributed by atoms with Gasteiger partial charge in [-0.05, 0) is 25.7 Å². The molecule has 0 amide bonds. The smallest absolute Gasteiger partial charge is 0.475 e. The van der Waals surface area contributed by atoms with Crippen LogP contribution in [0, 0.1) is 12.8 Å².